The van der Waals surface area contributed by atoms with Gasteiger partial charge in [-0.2, -0.15) is 17.0 Å². The predicted octanol–water partition coefficient (Wildman–Crippen LogP) is 2.47. The number of alkyl halides is 3. The van der Waals surface area contributed by atoms with Crippen LogP contribution in [-0.2, 0) is 15.0 Å². The van der Waals surface area contributed by atoms with Gasteiger partial charge in [0.2, 0.25) is 0 Å². The highest BCUT2D eigenvalue weighted by Crippen LogP contribution is 2.28. The Morgan fingerprint density at radius 1 is 0.933 bits per heavy atom. The molecule has 0 atom stereocenters. The third-order valence-electron chi connectivity index (χ3n) is 5.22. The van der Waals surface area contributed by atoms with Crippen LogP contribution in [0.1, 0.15) is 25.7 Å². The lowest BCUT2D eigenvalue weighted by Crippen LogP contribution is -2.51. The van der Waals surface area contributed by atoms with Gasteiger partial charge in [-0.3, -0.25) is 4.79 Å². The number of halogens is 3. The van der Waals surface area contributed by atoms with Gasteiger partial charge in [0, 0.05) is 26.2 Å². The van der Waals surface area contributed by atoms with E-state index in [1.54, 1.807) is 0 Å². The monoisotopic (exact) mass is 452 g/mol. The van der Waals surface area contributed by atoms with E-state index in [0.29, 0.717) is 31.4 Å². The lowest BCUT2D eigenvalue weighted by atomic mass is 9.99. The Morgan fingerprint density at radius 2 is 1.40 bits per heavy atom. The second-order valence-electron chi connectivity index (χ2n) is 7.25. The predicted molar refractivity (Wildman–Crippen MR) is 99.2 cm³/mol. The standard InChI is InChI=1S/C18H23F3N2O6S/c19-18(20,21)29-16-3-1-14(2-4-16)28-15-7-11-23(12-8-15)30(26,27)22-9-5-13(6-10-22)17(24)25/h1-4,13,15H,5-12H2,(H,24,25). The number of benzene rings is 1. The van der Waals surface area contributed by atoms with Crippen LogP contribution in [0.3, 0.4) is 0 Å². The van der Waals surface area contributed by atoms with E-state index in [0.717, 1.165) is 12.1 Å². The summed E-state index contributed by atoms with van der Waals surface area (Å²) in [5.41, 5.74) is 0. The third-order valence-corrected chi connectivity index (χ3v) is 7.25. The first kappa shape index (κ1) is 22.6. The molecule has 0 unspecified atom stereocenters. The number of ether oxygens (including phenoxy) is 2. The van der Waals surface area contributed by atoms with Crippen LogP contribution in [0.25, 0.3) is 0 Å². The normalized spacial score (nSPS) is 20.8. The summed E-state index contributed by atoms with van der Waals surface area (Å²) < 4.78 is 74.4. The van der Waals surface area contributed by atoms with Crippen LogP contribution >= 0.6 is 0 Å². The summed E-state index contributed by atoms with van der Waals surface area (Å²) >= 11 is 0. The van der Waals surface area contributed by atoms with Crippen molar-refractivity contribution in [1.29, 1.82) is 0 Å². The van der Waals surface area contributed by atoms with Gasteiger partial charge < -0.3 is 14.6 Å². The van der Waals surface area contributed by atoms with Gasteiger partial charge in [0.25, 0.3) is 10.2 Å². The molecule has 8 nitrogen and oxygen atoms in total. The minimum Gasteiger partial charge on any atom is -0.490 e. The molecule has 3 rings (SSSR count). The molecule has 0 aliphatic carbocycles. The van der Waals surface area contributed by atoms with Gasteiger partial charge in [-0.05, 0) is 49.9 Å². The van der Waals surface area contributed by atoms with Crippen molar-refractivity contribution in [1.82, 2.24) is 8.61 Å². The minimum atomic E-state index is -4.76. The van der Waals surface area contributed by atoms with Crippen LogP contribution in [0.2, 0.25) is 0 Å². The average molecular weight is 452 g/mol. The zero-order valence-electron chi connectivity index (χ0n) is 16.0. The SMILES string of the molecule is O=C(O)C1CCN(S(=O)(=O)N2CCC(Oc3ccc(OC(F)(F)F)cc3)CC2)CC1. The van der Waals surface area contributed by atoms with Crippen molar-refractivity contribution >= 4 is 16.2 Å². The summed E-state index contributed by atoms with van der Waals surface area (Å²) in [6.07, 6.45) is -3.56. The highest BCUT2D eigenvalue weighted by Gasteiger charge is 2.37. The number of carbonyl (C=O) groups is 1. The first-order valence-electron chi connectivity index (χ1n) is 9.55. The Hall–Kier alpha value is -2.05. The zero-order valence-corrected chi connectivity index (χ0v) is 16.9. The Balaban J connectivity index is 1.49. The molecular formula is C18H23F3N2O6S. The Morgan fingerprint density at radius 3 is 1.87 bits per heavy atom. The van der Waals surface area contributed by atoms with Crippen LogP contribution in [0.4, 0.5) is 13.2 Å². The van der Waals surface area contributed by atoms with E-state index < -0.39 is 28.5 Å². The number of nitrogens with zero attached hydrogens (tertiary/aromatic N) is 2. The lowest BCUT2D eigenvalue weighted by molar-refractivity contribution is -0.274. The molecule has 0 bridgehead atoms. The highest BCUT2D eigenvalue weighted by atomic mass is 32.2. The lowest BCUT2D eigenvalue weighted by Gasteiger charge is -2.37. The number of carboxylic acid groups (broad SMARTS) is 1. The molecule has 2 aliphatic rings. The summed E-state index contributed by atoms with van der Waals surface area (Å²) in [5.74, 6) is -1.38. The van der Waals surface area contributed by atoms with Crippen molar-refractivity contribution in [2.75, 3.05) is 26.2 Å². The molecule has 12 heteroatoms. The van der Waals surface area contributed by atoms with Crippen molar-refractivity contribution in [3.05, 3.63) is 24.3 Å². The summed E-state index contributed by atoms with van der Waals surface area (Å²) in [6.45, 7) is 0.867. The summed E-state index contributed by atoms with van der Waals surface area (Å²) in [6, 6.07) is 5.06. The maximum absolute atomic E-state index is 12.8. The van der Waals surface area contributed by atoms with E-state index in [9.17, 15) is 26.4 Å². The topological polar surface area (TPSA) is 96.4 Å². The number of carboxylic acids is 1. The molecule has 2 aliphatic heterocycles. The van der Waals surface area contributed by atoms with E-state index >= 15 is 0 Å². The van der Waals surface area contributed by atoms with Gasteiger partial charge in [-0.1, -0.05) is 0 Å². The van der Waals surface area contributed by atoms with Crippen LogP contribution < -0.4 is 9.47 Å². The van der Waals surface area contributed by atoms with E-state index in [2.05, 4.69) is 4.74 Å². The van der Waals surface area contributed by atoms with Crippen molar-refractivity contribution in [3.8, 4) is 11.5 Å². The fourth-order valence-electron chi connectivity index (χ4n) is 3.59. The van der Waals surface area contributed by atoms with Crippen molar-refractivity contribution in [3.63, 3.8) is 0 Å². The Kier molecular flexibility index (Phi) is 6.78. The number of hydrogen-bond donors (Lipinski definition) is 1. The van der Waals surface area contributed by atoms with Crippen LogP contribution in [0.15, 0.2) is 24.3 Å². The largest absolute Gasteiger partial charge is 0.573 e. The second kappa shape index (κ2) is 8.98. The van der Waals surface area contributed by atoms with Gasteiger partial charge in [0.05, 0.1) is 5.92 Å². The van der Waals surface area contributed by atoms with Crippen molar-refractivity contribution in [2.45, 2.75) is 38.1 Å². The molecule has 2 fully saturated rings. The van der Waals surface area contributed by atoms with Gasteiger partial charge in [-0.15, -0.1) is 13.2 Å². The fourth-order valence-corrected chi connectivity index (χ4v) is 5.26. The Labute approximate surface area is 172 Å². The van der Waals surface area contributed by atoms with Crippen molar-refractivity contribution < 1.29 is 41.0 Å². The molecule has 2 heterocycles. The van der Waals surface area contributed by atoms with Gasteiger partial charge in [0.15, 0.2) is 0 Å². The van der Waals surface area contributed by atoms with E-state index in [1.165, 1.54) is 20.7 Å². The van der Waals surface area contributed by atoms with E-state index in [4.69, 9.17) is 9.84 Å². The Bertz CT molecular complexity index is 830. The number of piperidine rings is 2. The first-order valence-corrected chi connectivity index (χ1v) is 10.9. The summed E-state index contributed by atoms with van der Waals surface area (Å²) in [7, 11) is -3.66. The summed E-state index contributed by atoms with van der Waals surface area (Å²) in [4.78, 5) is 11.0. The molecule has 1 aromatic rings. The average Bonchev–Trinajstić information content (AvgIpc) is 2.69. The summed E-state index contributed by atoms with van der Waals surface area (Å²) in [5, 5.41) is 9.04. The van der Waals surface area contributed by atoms with E-state index in [1.807, 2.05) is 0 Å². The number of rotatable bonds is 6. The molecule has 0 amide bonds. The smallest absolute Gasteiger partial charge is 0.490 e. The quantitative estimate of drug-likeness (QED) is 0.713. The molecule has 0 saturated carbocycles. The molecule has 30 heavy (non-hydrogen) atoms. The highest BCUT2D eigenvalue weighted by molar-refractivity contribution is 7.86. The van der Waals surface area contributed by atoms with Gasteiger partial charge >= 0.3 is 12.3 Å². The first-order chi connectivity index (χ1) is 14.0. The maximum atomic E-state index is 12.8. The van der Waals surface area contributed by atoms with E-state index in [-0.39, 0.29) is 38.0 Å². The molecule has 0 aromatic heterocycles. The van der Waals surface area contributed by atoms with Gasteiger partial charge in [-0.25, -0.2) is 0 Å². The fraction of sp³-hybridized carbons (Fsp3) is 0.611. The van der Waals surface area contributed by atoms with Gasteiger partial charge in [0.1, 0.15) is 17.6 Å². The molecule has 2 saturated heterocycles. The van der Waals surface area contributed by atoms with Crippen LogP contribution in [-0.4, -0.2) is 66.7 Å². The van der Waals surface area contributed by atoms with Crippen LogP contribution in [0, 0.1) is 5.92 Å². The molecule has 1 aromatic carbocycles. The third kappa shape index (κ3) is 5.76. The molecule has 0 radical (unpaired) electrons. The number of hydrogen-bond acceptors (Lipinski definition) is 5. The minimum absolute atomic E-state index is 0.183. The molecular weight excluding hydrogens is 429 g/mol. The number of aliphatic carboxylic acids is 1. The van der Waals surface area contributed by atoms with Crippen LogP contribution in [0.5, 0.6) is 11.5 Å². The molecule has 168 valence electrons. The zero-order chi connectivity index (χ0) is 21.9. The molecule has 0 spiro atoms. The van der Waals surface area contributed by atoms with Crippen molar-refractivity contribution in [2.24, 2.45) is 5.92 Å². The second-order valence-corrected chi connectivity index (χ2v) is 9.18. The maximum Gasteiger partial charge on any atom is 0.573 e. The molecule has 1 N–H and O–H groups in total.